The normalized spacial score (nSPS) is 23.7. The van der Waals surface area contributed by atoms with E-state index in [0.717, 1.165) is 24.1 Å². The molecular formula is C14H21N3O. The fourth-order valence-corrected chi connectivity index (χ4v) is 2.52. The maximum atomic E-state index is 12.0. The predicted molar refractivity (Wildman–Crippen MR) is 72.2 cm³/mol. The Morgan fingerprint density at radius 1 is 1.50 bits per heavy atom. The van der Waals surface area contributed by atoms with Crippen molar-refractivity contribution < 1.29 is 4.79 Å². The predicted octanol–water partition coefficient (Wildman–Crippen LogP) is 2.24. The Balaban J connectivity index is 1.90. The zero-order valence-corrected chi connectivity index (χ0v) is 10.9. The van der Waals surface area contributed by atoms with Gasteiger partial charge in [-0.1, -0.05) is 12.8 Å². The molecule has 4 nitrogen and oxygen atoms in total. The number of aryl methyl sites for hydroxylation is 1. The van der Waals surface area contributed by atoms with Crippen LogP contribution < -0.4 is 11.1 Å². The van der Waals surface area contributed by atoms with Gasteiger partial charge in [-0.15, -0.1) is 0 Å². The molecule has 1 aliphatic rings. The van der Waals surface area contributed by atoms with E-state index in [9.17, 15) is 4.79 Å². The van der Waals surface area contributed by atoms with Crippen molar-refractivity contribution in [1.82, 2.24) is 4.98 Å². The Morgan fingerprint density at radius 3 is 3.00 bits per heavy atom. The van der Waals surface area contributed by atoms with Gasteiger partial charge in [-0.3, -0.25) is 9.78 Å². The SMILES string of the molecule is Cc1ccncc1NC(=O)CC1CCCCC1N. The van der Waals surface area contributed by atoms with Gasteiger partial charge in [-0.25, -0.2) is 0 Å². The highest BCUT2D eigenvalue weighted by molar-refractivity contribution is 5.91. The molecule has 1 fully saturated rings. The third-order valence-corrected chi connectivity index (χ3v) is 3.73. The number of aromatic nitrogens is 1. The van der Waals surface area contributed by atoms with Crippen molar-refractivity contribution in [2.45, 2.75) is 45.1 Å². The van der Waals surface area contributed by atoms with Crippen molar-refractivity contribution in [3.8, 4) is 0 Å². The molecule has 1 aromatic heterocycles. The molecule has 0 spiro atoms. The van der Waals surface area contributed by atoms with E-state index in [1.807, 2.05) is 13.0 Å². The van der Waals surface area contributed by atoms with Crippen LogP contribution >= 0.6 is 0 Å². The Morgan fingerprint density at radius 2 is 2.28 bits per heavy atom. The first kappa shape index (κ1) is 13.0. The molecular weight excluding hydrogens is 226 g/mol. The number of hydrogen-bond acceptors (Lipinski definition) is 3. The number of rotatable bonds is 3. The summed E-state index contributed by atoms with van der Waals surface area (Å²) in [6, 6.07) is 2.07. The highest BCUT2D eigenvalue weighted by Gasteiger charge is 2.24. The minimum Gasteiger partial charge on any atom is -0.327 e. The minimum atomic E-state index is 0.0495. The van der Waals surface area contributed by atoms with Crippen LogP contribution in [-0.2, 0) is 4.79 Å². The summed E-state index contributed by atoms with van der Waals surface area (Å²) in [4.78, 5) is 16.0. The average Bonchev–Trinajstić information content (AvgIpc) is 2.35. The summed E-state index contributed by atoms with van der Waals surface area (Å²) in [7, 11) is 0. The van der Waals surface area contributed by atoms with Crippen LogP contribution in [0.3, 0.4) is 0 Å². The lowest BCUT2D eigenvalue weighted by Crippen LogP contribution is -2.35. The highest BCUT2D eigenvalue weighted by atomic mass is 16.1. The molecule has 98 valence electrons. The topological polar surface area (TPSA) is 68.0 Å². The van der Waals surface area contributed by atoms with Crippen molar-refractivity contribution in [2.75, 3.05) is 5.32 Å². The fourth-order valence-electron chi connectivity index (χ4n) is 2.52. The van der Waals surface area contributed by atoms with Gasteiger partial charge in [0.2, 0.25) is 5.91 Å². The maximum Gasteiger partial charge on any atom is 0.224 e. The lowest BCUT2D eigenvalue weighted by Gasteiger charge is -2.28. The van der Waals surface area contributed by atoms with Crippen LogP contribution in [0.15, 0.2) is 18.5 Å². The Hall–Kier alpha value is -1.42. The second kappa shape index (κ2) is 5.96. The molecule has 0 bridgehead atoms. The number of nitrogens with two attached hydrogens (primary N) is 1. The van der Waals surface area contributed by atoms with Crippen molar-refractivity contribution in [3.05, 3.63) is 24.0 Å². The molecule has 1 heterocycles. The van der Waals surface area contributed by atoms with Crippen LogP contribution in [0.2, 0.25) is 0 Å². The Bertz CT molecular complexity index is 419. The van der Waals surface area contributed by atoms with Gasteiger partial charge in [-0.2, -0.15) is 0 Å². The second-order valence-electron chi connectivity index (χ2n) is 5.15. The monoisotopic (exact) mass is 247 g/mol. The molecule has 1 aliphatic carbocycles. The molecule has 1 saturated carbocycles. The van der Waals surface area contributed by atoms with Gasteiger partial charge in [0.1, 0.15) is 0 Å². The minimum absolute atomic E-state index is 0.0495. The number of amides is 1. The van der Waals surface area contributed by atoms with Gasteiger partial charge in [0.25, 0.3) is 0 Å². The van der Waals surface area contributed by atoms with Gasteiger partial charge in [-0.05, 0) is 37.3 Å². The molecule has 3 N–H and O–H groups in total. The smallest absolute Gasteiger partial charge is 0.224 e. The fraction of sp³-hybridized carbons (Fsp3) is 0.571. The summed E-state index contributed by atoms with van der Waals surface area (Å²) < 4.78 is 0. The van der Waals surface area contributed by atoms with E-state index in [2.05, 4.69) is 10.3 Å². The van der Waals surface area contributed by atoms with E-state index in [0.29, 0.717) is 12.3 Å². The molecule has 0 aromatic carbocycles. The van der Waals surface area contributed by atoms with Crippen LogP contribution in [-0.4, -0.2) is 16.9 Å². The molecule has 0 aliphatic heterocycles. The van der Waals surface area contributed by atoms with Crippen molar-refractivity contribution in [1.29, 1.82) is 0 Å². The maximum absolute atomic E-state index is 12.0. The number of carbonyl (C=O) groups is 1. The molecule has 4 heteroatoms. The van der Waals surface area contributed by atoms with Gasteiger partial charge >= 0.3 is 0 Å². The second-order valence-corrected chi connectivity index (χ2v) is 5.15. The van der Waals surface area contributed by atoms with Crippen LogP contribution in [0.4, 0.5) is 5.69 Å². The number of hydrogen-bond donors (Lipinski definition) is 2. The van der Waals surface area contributed by atoms with Crippen LogP contribution in [0.1, 0.15) is 37.7 Å². The lowest BCUT2D eigenvalue weighted by molar-refractivity contribution is -0.117. The van der Waals surface area contributed by atoms with Crippen LogP contribution in [0, 0.1) is 12.8 Å². The quantitative estimate of drug-likeness (QED) is 0.860. The summed E-state index contributed by atoms with van der Waals surface area (Å²) in [5.41, 5.74) is 7.89. The molecule has 1 amide bonds. The molecule has 2 unspecified atom stereocenters. The van der Waals surface area contributed by atoms with E-state index in [1.54, 1.807) is 12.4 Å². The first-order chi connectivity index (χ1) is 8.66. The van der Waals surface area contributed by atoms with E-state index in [4.69, 9.17) is 5.73 Å². The van der Waals surface area contributed by atoms with Gasteiger partial charge < -0.3 is 11.1 Å². The molecule has 18 heavy (non-hydrogen) atoms. The molecule has 0 saturated heterocycles. The van der Waals surface area contributed by atoms with E-state index < -0.39 is 0 Å². The summed E-state index contributed by atoms with van der Waals surface area (Å²) in [6.07, 6.45) is 8.44. The van der Waals surface area contributed by atoms with Crippen molar-refractivity contribution >= 4 is 11.6 Å². The zero-order chi connectivity index (χ0) is 13.0. The van der Waals surface area contributed by atoms with Gasteiger partial charge in [0.15, 0.2) is 0 Å². The third kappa shape index (κ3) is 3.29. The number of pyridine rings is 1. The van der Waals surface area contributed by atoms with Crippen LogP contribution in [0.5, 0.6) is 0 Å². The highest BCUT2D eigenvalue weighted by Crippen LogP contribution is 2.26. The van der Waals surface area contributed by atoms with Crippen molar-refractivity contribution in [3.63, 3.8) is 0 Å². The van der Waals surface area contributed by atoms with Crippen LogP contribution in [0.25, 0.3) is 0 Å². The molecule has 1 aromatic rings. The molecule has 0 radical (unpaired) electrons. The first-order valence-corrected chi connectivity index (χ1v) is 6.63. The lowest BCUT2D eigenvalue weighted by atomic mass is 9.83. The molecule has 2 rings (SSSR count). The first-order valence-electron chi connectivity index (χ1n) is 6.63. The van der Waals surface area contributed by atoms with E-state index >= 15 is 0 Å². The number of nitrogens with zero attached hydrogens (tertiary/aromatic N) is 1. The van der Waals surface area contributed by atoms with Gasteiger partial charge in [0, 0.05) is 18.7 Å². The summed E-state index contributed by atoms with van der Waals surface area (Å²) in [5, 5.41) is 2.92. The number of anilines is 1. The summed E-state index contributed by atoms with van der Waals surface area (Å²) >= 11 is 0. The largest absolute Gasteiger partial charge is 0.327 e. The summed E-state index contributed by atoms with van der Waals surface area (Å²) in [5.74, 6) is 0.379. The zero-order valence-electron chi connectivity index (χ0n) is 10.9. The third-order valence-electron chi connectivity index (χ3n) is 3.73. The Kier molecular flexibility index (Phi) is 4.31. The molecule has 2 atom stereocenters. The number of nitrogens with one attached hydrogen (secondary N) is 1. The van der Waals surface area contributed by atoms with Crippen molar-refractivity contribution in [2.24, 2.45) is 11.7 Å². The summed E-state index contributed by atoms with van der Waals surface area (Å²) in [6.45, 7) is 1.96. The Labute approximate surface area is 108 Å². The number of carbonyl (C=O) groups excluding carboxylic acids is 1. The van der Waals surface area contributed by atoms with E-state index in [-0.39, 0.29) is 11.9 Å². The van der Waals surface area contributed by atoms with Gasteiger partial charge in [0.05, 0.1) is 11.9 Å². The van der Waals surface area contributed by atoms with E-state index in [1.165, 1.54) is 12.8 Å². The standard InChI is InChI=1S/C14H21N3O/c1-10-6-7-16-9-13(10)17-14(18)8-11-4-2-3-5-12(11)15/h6-7,9,11-12H,2-5,8,15H2,1H3,(H,17,18). The average molecular weight is 247 g/mol.